The van der Waals surface area contributed by atoms with Crippen LogP contribution in [0.25, 0.3) is 0 Å². The molecule has 0 aromatic heterocycles. The van der Waals surface area contributed by atoms with Crippen LogP contribution in [0.4, 0.5) is 0 Å². The van der Waals surface area contributed by atoms with Crippen LogP contribution in [0.5, 0.6) is 0 Å². The summed E-state index contributed by atoms with van der Waals surface area (Å²) in [4.78, 5) is 45.3. The van der Waals surface area contributed by atoms with Crippen molar-refractivity contribution in [2.45, 2.75) is 50.6 Å². The van der Waals surface area contributed by atoms with E-state index in [0.717, 1.165) is 19.3 Å². The van der Waals surface area contributed by atoms with E-state index in [1.165, 1.54) is 0 Å². The minimum absolute atomic E-state index is 0.371. The fourth-order valence-electron chi connectivity index (χ4n) is 1.70. The maximum Gasteiger partial charge on any atom is 0.331 e. The van der Waals surface area contributed by atoms with E-state index in [-0.39, 0.29) is 0 Å². The molecule has 0 radical (unpaired) electrons. The van der Waals surface area contributed by atoms with Crippen LogP contribution in [0.1, 0.15) is 38.5 Å². The summed E-state index contributed by atoms with van der Waals surface area (Å²) in [6, 6.07) is -2.37. The second-order valence-electron chi connectivity index (χ2n) is 5.20. The Hall–Kier alpha value is -1.88. The Bertz CT molecular complexity index is 443. The zero-order valence-corrected chi connectivity index (χ0v) is 13.6. The van der Waals surface area contributed by atoms with Gasteiger partial charge >= 0.3 is 23.9 Å². The smallest absolute Gasteiger partial charge is 0.331 e. The van der Waals surface area contributed by atoms with Crippen molar-refractivity contribution in [1.82, 2.24) is 0 Å². The van der Waals surface area contributed by atoms with Gasteiger partial charge in [0.05, 0.1) is 13.0 Å². The van der Waals surface area contributed by atoms with Gasteiger partial charge in [-0.1, -0.05) is 19.3 Å². The van der Waals surface area contributed by atoms with E-state index in [4.69, 9.17) is 22.9 Å². The fourth-order valence-corrected chi connectivity index (χ4v) is 1.70. The highest BCUT2D eigenvalue weighted by Gasteiger charge is 2.25. The summed E-state index contributed by atoms with van der Waals surface area (Å²) in [5.74, 6) is -4.02. The van der Waals surface area contributed by atoms with Crippen LogP contribution in [0, 0.1) is 0 Å². The number of unbranched alkanes of at least 4 members (excludes halogenated alkanes) is 3. The molecule has 138 valence electrons. The Labute approximate surface area is 140 Å². The van der Waals surface area contributed by atoms with Gasteiger partial charge < -0.3 is 32.4 Å². The molecule has 0 fully saturated rings. The summed E-state index contributed by atoms with van der Waals surface area (Å²) in [6.45, 7) is 0.115. The highest BCUT2D eigenvalue weighted by molar-refractivity contribution is 5.93. The first kappa shape index (κ1) is 22.1. The van der Waals surface area contributed by atoms with Crippen molar-refractivity contribution in [3.8, 4) is 0 Å². The lowest BCUT2D eigenvalue weighted by molar-refractivity contribution is -0.166. The van der Waals surface area contributed by atoms with E-state index in [2.05, 4.69) is 9.47 Å². The third-order valence-corrected chi connectivity index (χ3v) is 3.06. The molecule has 0 rings (SSSR count). The molecular formula is C14H26N4O6. The maximum absolute atomic E-state index is 11.6. The predicted octanol–water partition coefficient (Wildman–Crippen LogP) is -1.96. The maximum atomic E-state index is 11.6. The molecule has 0 bridgehead atoms. The first-order valence-corrected chi connectivity index (χ1v) is 7.72. The number of esters is 4. The molecule has 0 aliphatic carbocycles. The van der Waals surface area contributed by atoms with Gasteiger partial charge in [-0.25, -0.2) is 9.59 Å². The number of ether oxygens (including phenoxy) is 2. The van der Waals surface area contributed by atoms with Gasteiger partial charge in [0.25, 0.3) is 0 Å². The van der Waals surface area contributed by atoms with Crippen molar-refractivity contribution in [2.75, 3.05) is 13.1 Å². The van der Waals surface area contributed by atoms with Gasteiger partial charge in [-0.05, 0) is 19.4 Å². The monoisotopic (exact) mass is 346 g/mol. The number of carbonyl (C=O) groups excluding carboxylic acids is 4. The molecule has 1 unspecified atom stereocenters. The highest BCUT2D eigenvalue weighted by atomic mass is 16.6. The molecule has 10 heteroatoms. The SMILES string of the molecule is NCCCCCCC(N)C(=O)OC(=O)C[C@H](N)C(=O)OC(=O)CN. The quantitative estimate of drug-likeness (QED) is 0.185. The summed E-state index contributed by atoms with van der Waals surface area (Å²) < 4.78 is 8.77. The number of hydrogen-bond acceptors (Lipinski definition) is 10. The van der Waals surface area contributed by atoms with Crippen molar-refractivity contribution >= 4 is 23.9 Å². The zero-order valence-electron chi connectivity index (χ0n) is 13.6. The third kappa shape index (κ3) is 10.0. The molecule has 0 aliphatic heterocycles. The largest absolute Gasteiger partial charge is 0.392 e. The molecule has 0 heterocycles. The lowest BCUT2D eigenvalue weighted by Crippen LogP contribution is -2.39. The normalized spacial score (nSPS) is 13.0. The Balaban J connectivity index is 4.09. The Morgan fingerprint density at radius 2 is 1.29 bits per heavy atom. The summed E-state index contributed by atoms with van der Waals surface area (Å²) in [5, 5.41) is 0. The van der Waals surface area contributed by atoms with Crippen LogP contribution in [0.3, 0.4) is 0 Å². The third-order valence-electron chi connectivity index (χ3n) is 3.06. The Kier molecular flexibility index (Phi) is 11.5. The highest BCUT2D eigenvalue weighted by Crippen LogP contribution is 2.06. The lowest BCUT2D eigenvalue weighted by atomic mass is 10.1. The molecule has 0 saturated carbocycles. The molecule has 0 saturated heterocycles. The number of rotatable bonds is 11. The van der Waals surface area contributed by atoms with Crippen LogP contribution in [0.15, 0.2) is 0 Å². The summed E-state index contributed by atoms with van der Waals surface area (Å²) in [5.41, 5.74) is 21.3. The molecule has 2 atom stereocenters. The van der Waals surface area contributed by atoms with E-state index < -0.39 is 48.9 Å². The zero-order chi connectivity index (χ0) is 18.5. The molecule has 0 amide bonds. The first-order chi connectivity index (χ1) is 11.3. The molecule has 0 aliphatic rings. The molecule has 24 heavy (non-hydrogen) atoms. The van der Waals surface area contributed by atoms with Gasteiger partial charge in [0.1, 0.15) is 12.1 Å². The molecular weight excluding hydrogens is 320 g/mol. The summed E-state index contributed by atoms with van der Waals surface area (Å²) >= 11 is 0. The van der Waals surface area contributed by atoms with Crippen LogP contribution >= 0.6 is 0 Å². The van der Waals surface area contributed by atoms with Crippen molar-refractivity contribution in [2.24, 2.45) is 22.9 Å². The van der Waals surface area contributed by atoms with Crippen molar-refractivity contribution in [1.29, 1.82) is 0 Å². The number of hydrogen-bond donors (Lipinski definition) is 4. The molecule has 10 nitrogen and oxygen atoms in total. The minimum Gasteiger partial charge on any atom is -0.392 e. The first-order valence-electron chi connectivity index (χ1n) is 7.72. The van der Waals surface area contributed by atoms with E-state index in [9.17, 15) is 19.2 Å². The standard InChI is InChI=1S/C14H26N4O6/c15-6-4-2-1-3-5-9(17)13(21)23-11(19)7-10(18)14(22)24-12(20)8-16/h9-10H,1-8,15-18H2/t9?,10-/m0/s1. The van der Waals surface area contributed by atoms with Gasteiger partial charge in [0.2, 0.25) is 0 Å². The Morgan fingerprint density at radius 3 is 1.88 bits per heavy atom. The van der Waals surface area contributed by atoms with Crippen LogP contribution in [-0.4, -0.2) is 49.1 Å². The Morgan fingerprint density at radius 1 is 0.750 bits per heavy atom. The average Bonchev–Trinajstić information content (AvgIpc) is 2.53. The number of nitrogens with two attached hydrogens (primary N) is 4. The van der Waals surface area contributed by atoms with E-state index >= 15 is 0 Å². The average molecular weight is 346 g/mol. The van der Waals surface area contributed by atoms with Crippen LogP contribution in [-0.2, 0) is 28.7 Å². The van der Waals surface area contributed by atoms with Crippen molar-refractivity contribution in [3.63, 3.8) is 0 Å². The fraction of sp³-hybridized carbons (Fsp3) is 0.714. The number of carbonyl (C=O) groups is 4. The van der Waals surface area contributed by atoms with Crippen molar-refractivity contribution < 1.29 is 28.7 Å². The van der Waals surface area contributed by atoms with Crippen LogP contribution in [0.2, 0.25) is 0 Å². The molecule has 0 spiro atoms. The molecule has 8 N–H and O–H groups in total. The van der Waals surface area contributed by atoms with E-state index in [1.807, 2.05) is 0 Å². The summed E-state index contributed by atoms with van der Waals surface area (Å²) in [6.07, 6.45) is 3.17. The molecule has 0 aromatic carbocycles. The summed E-state index contributed by atoms with van der Waals surface area (Å²) in [7, 11) is 0. The molecule has 0 aromatic rings. The van der Waals surface area contributed by atoms with Crippen molar-refractivity contribution in [3.05, 3.63) is 0 Å². The second-order valence-corrected chi connectivity index (χ2v) is 5.20. The van der Waals surface area contributed by atoms with Gasteiger partial charge in [-0.15, -0.1) is 0 Å². The van der Waals surface area contributed by atoms with Gasteiger partial charge in [0, 0.05) is 0 Å². The minimum atomic E-state index is -1.44. The van der Waals surface area contributed by atoms with E-state index in [1.54, 1.807) is 0 Å². The van der Waals surface area contributed by atoms with Crippen LogP contribution < -0.4 is 22.9 Å². The lowest BCUT2D eigenvalue weighted by Gasteiger charge is -2.12. The second kappa shape index (κ2) is 12.5. The predicted molar refractivity (Wildman–Crippen MR) is 84.0 cm³/mol. The van der Waals surface area contributed by atoms with E-state index in [0.29, 0.717) is 19.4 Å². The topological polar surface area (TPSA) is 191 Å². The van der Waals surface area contributed by atoms with Gasteiger partial charge in [-0.3, -0.25) is 9.59 Å². The van der Waals surface area contributed by atoms with Gasteiger partial charge in [0.15, 0.2) is 0 Å². The van der Waals surface area contributed by atoms with Gasteiger partial charge in [-0.2, -0.15) is 0 Å².